The number of hydrogen-bond acceptors (Lipinski definition) is 4. The summed E-state index contributed by atoms with van der Waals surface area (Å²) in [6, 6.07) is 3.55. The fraction of sp³-hybridized carbons (Fsp3) is 0.833. The van der Waals surface area contributed by atoms with Crippen LogP contribution in [0.5, 0.6) is 0 Å². The van der Waals surface area contributed by atoms with Gasteiger partial charge in [-0.05, 0) is 175 Å². The van der Waals surface area contributed by atoms with Gasteiger partial charge in [-0.2, -0.15) is 0 Å². The van der Waals surface area contributed by atoms with Crippen molar-refractivity contribution in [2.75, 3.05) is 0 Å². The van der Waals surface area contributed by atoms with Gasteiger partial charge >= 0.3 is 25.7 Å². The van der Waals surface area contributed by atoms with Gasteiger partial charge in [-0.3, -0.25) is 0 Å². The maximum absolute atomic E-state index is 7.35. The minimum absolute atomic E-state index is 0.773. The normalized spacial score (nSPS) is 36.6. The molecule has 4 nitrogen and oxygen atoms in total. The molecule has 45 heavy (non-hydrogen) atoms. The molecule has 0 N–H and O–H groups in total. The van der Waals surface area contributed by atoms with Crippen molar-refractivity contribution in [3.8, 4) is 0 Å². The van der Waals surface area contributed by atoms with Crippen LogP contribution in [0.3, 0.4) is 0 Å². The third kappa shape index (κ3) is 9.04. The predicted molar refractivity (Wildman–Crippen MR) is 201 cm³/mol. The first-order chi connectivity index (χ1) is 21.0. The quantitative estimate of drug-likeness (QED) is 0.112. The monoisotopic (exact) mass is 702 g/mol. The van der Waals surface area contributed by atoms with E-state index in [0.29, 0.717) is 0 Å². The highest BCUT2D eigenvalue weighted by Gasteiger charge is 2.49. The summed E-state index contributed by atoms with van der Waals surface area (Å²) < 4.78 is 29.0. The van der Waals surface area contributed by atoms with E-state index in [4.69, 9.17) is 16.5 Å². The molecule has 6 aliphatic rings. The molecule has 0 radical (unpaired) electrons. The van der Waals surface area contributed by atoms with E-state index in [-0.39, 0.29) is 0 Å². The largest absolute Gasteiger partial charge is 0.436 e. The van der Waals surface area contributed by atoms with Crippen LogP contribution in [0, 0.1) is 53.3 Å². The SMILES string of the molecule is C[Si](C)(CCC1CC2C=CC1C2)O[Si](C)(C)O[Si](C)(CCC1CC2C=CC1C2)O[Si](C)(C)O[Si](C)(C)CCC1CC2C=CC1C2. The topological polar surface area (TPSA) is 36.9 Å². The van der Waals surface area contributed by atoms with Crippen LogP contribution >= 0.6 is 0 Å². The molecular formula is C36H66O4Si5. The van der Waals surface area contributed by atoms with Gasteiger partial charge in [0.1, 0.15) is 0 Å². The van der Waals surface area contributed by atoms with E-state index in [9.17, 15) is 0 Å². The Morgan fingerprint density at radius 1 is 0.422 bits per heavy atom. The van der Waals surface area contributed by atoms with Crippen molar-refractivity contribution in [1.29, 1.82) is 0 Å². The fourth-order valence-electron chi connectivity index (χ4n) is 10.8. The van der Waals surface area contributed by atoms with Gasteiger partial charge in [-0.1, -0.05) is 49.3 Å². The average molecular weight is 703 g/mol. The van der Waals surface area contributed by atoms with Crippen molar-refractivity contribution < 1.29 is 16.5 Å². The summed E-state index contributed by atoms with van der Waals surface area (Å²) >= 11 is 0. The number of rotatable bonds is 17. The lowest BCUT2D eigenvalue weighted by molar-refractivity contribution is 0.283. The second-order valence-electron chi connectivity index (χ2n) is 18.6. The molecule has 9 atom stereocenters. The first kappa shape index (κ1) is 35.0. The fourth-order valence-corrected chi connectivity index (χ4v) is 36.1. The van der Waals surface area contributed by atoms with E-state index >= 15 is 0 Å². The maximum Gasteiger partial charge on any atom is 0.317 e. The molecule has 6 aliphatic carbocycles. The van der Waals surface area contributed by atoms with Gasteiger partial charge in [0.2, 0.25) is 0 Å². The summed E-state index contributed by atoms with van der Waals surface area (Å²) in [6.45, 7) is 21.4. The standard InChI is InChI=1S/C36H66O4Si5/c1-41(2,19-16-34-25-28-10-13-31(34)22-28)37-43(5,6)39-45(9,21-18-36-27-30-12-15-33(36)24-30)40-44(7,8)38-42(3,4)20-17-35-26-29-11-14-32(35)23-29/h10-15,28-36H,16-27H2,1-9H3. The highest BCUT2D eigenvalue weighted by Crippen LogP contribution is 2.49. The summed E-state index contributed by atoms with van der Waals surface area (Å²) in [4.78, 5) is 0. The first-order valence-electron chi connectivity index (χ1n) is 18.8. The number of allylic oxidation sites excluding steroid dienone is 6. The second kappa shape index (κ2) is 13.1. The molecule has 0 aliphatic heterocycles. The molecule has 9 unspecified atom stereocenters. The first-order valence-corrected chi connectivity index (χ1v) is 33.2. The molecule has 9 heteroatoms. The van der Waals surface area contributed by atoms with Crippen LogP contribution < -0.4 is 0 Å². The summed E-state index contributed by atoms with van der Waals surface area (Å²) in [5, 5.41) is 0. The number of fused-ring (bicyclic) bond motifs is 6. The zero-order valence-corrected chi connectivity index (χ0v) is 35.3. The average Bonchev–Trinajstić information content (AvgIpc) is 3.76. The summed E-state index contributed by atoms with van der Waals surface area (Å²) in [6.07, 6.45) is 27.1. The van der Waals surface area contributed by atoms with Gasteiger partial charge in [0.25, 0.3) is 0 Å². The van der Waals surface area contributed by atoms with Crippen molar-refractivity contribution in [2.45, 2.75) is 135 Å². The van der Waals surface area contributed by atoms with Crippen molar-refractivity contribution >= 4 is 42.3 Å². The Morgan fingerprint density at radius 2 is 0.756 bits per heavy atom. The van der Waals surface area contributed by atoms with Crippen LogP contribution in [0.15, 0.2) is 36.5 Å². The van der Waals surface area contributed by atoms with Gasteiger partial charge in [0, 0.05) is 0 Å². The molecular weight excluding hydrogens is 637 g/mol. The van der Waals surface area contributed by atoms with Crippen LogP contribution in [0.4, 0.5) is 0 Å². The van der Waals surface area contributed by atoms with Crippen LogP contribution in [0.2, 0.25) is 77.1 Å². The van der Waals surface area contributed by atoms with Gasteiger partial charge in [0.15, 0.2) is 16.6 Å². The molecule has 0 aromatic carbocycles. The molecule has 3 fully saturated rings. The van der Waals surface area contributed by atoms with E-state index in [2.05, 4.69) is 95.4 Å². The Kier molecular flexibility index (Phi) is 10.2. The molecule has 6 bridgehead atoms. The second-order valence-corrected chi connectivity index (χ2v) is 38.3. The highest BCUT2D eigenvalue weighted by molar-refractivity contribution is 6.90. The minimum Gasteiger partial charge on any atom is -0.436 e. The molecule has 3 saturated carbocycles. The maximum atomic E-state index is 7.35. The Morgan fingerprint density at radius 3 is 1.04 bits per heavy atom. The van der Waals surface area contributed by atoms with Crippen molar-refractivity contribution in [2.24, 2.45) is 53.3 Å². The van der Waals surface area contributed by atoms with E-state index < -0.39 is 42.3 Å². The molecule has 0 aromatic heterocycles. The Hall–Kier alpha value is 0.144. The van der Waals surface area contributed by atoms with Gasteiger partial charge in [-0.25, -0.2) is 0 Å². The number of hydrogen-bond donors (Lipinski definition) is 0. The Balaban J connectivity index is 1.08. The van der Waals surface area contributed by atoms with E-state index in [0.717, 1.165) is 59.3 Å². The lowest BCUT2D eigenvalue weighted by atomic mass is 9.91. The minimum atomic E-state index is -2.56. The van der Waals surface area contributed by atoms with Crippen LogP contribution in [0.1, 0.15) is 57.8 Å². The molecule has 0 amide bonds. The molecule has 0 spiro atoms. The van der Waals surface area contributed by atoms with Crippen molar-refractivity contribution in [3.63, 3.8) is 0 Å². The van der Waals surface area contributed by atoms with E-state index in [1.54, 1.807) is 0 Å². The van der Waals surface area contributed by atoms with Crippen LogP contribution in [-0.4, -0.2) is 42.3 Å². The summed E-state index contributed by atoms with van der Waals surface area (Å²) in [7, 11) is -11.1. The molecule has 0 saturated heterocycles. The predicted octanol–water partition coefficient (Wildman–Crippen LogP) is 10.7. The zero-order chi connectivity index (χ0) is 32.3. The van der Waals surface area contributed by atoms with Crippen molar-refractivity contribution in [1.82, 2.24) is 0 Å². The van der Waals surface area contributed by atoms with E-state index in [1.165, 1.54) is 69.9 Å². The van der Waals surface area contributed by atoms with Gasteiger partial charge in [0.05, 0.1) is 0 Å². The molecule has 0 aromatic rings. The van der Waals surface area contributed by atoms with Crippen LogP contribution in [-0.2, 0) is 16.5 Å². The Labute approximate surface area is 282 Å². The van der Waals surface area contributed by atoms with Crippen molar-refractivity contribution in [3.05, 3.63) is 36.5 Å². The summed E-state index contributed by atoms with van der Waals surface area (Å²) in [5.74, 6) is 7.49. The lowest BCUT2D eigenvalue weighted by Gasteiger charge is -2.44. The highest BCUT2D eigenvalue weighted by atomic mass is 28.5. The molecule has 0 heterocycles. The third-order valence-electron chi connectivity index (χ3n) is 12.4. The third-order valence-corrected chi connectivity index (χ3v) is 32.3. The van der Waals surface area contributed by atoms with Gasteiger partial charge < -0.3 is 16.5 Å². The van der Waals surface area contributed by atoms with E-state index in [1.807, 2.05) is 0 Å². The summed E-state index contributed by atoms with van der Waals surface area (Å²) in [5.41, 5.74) is 0. The van der Waals surface area contributed by atoms with Gasteiger partial charge in [-0.15, -0.1) is 0 Å². The Bertz CT molecular complexity index is 1080. The lowest BCUT2D eigenvalue weighted by Crippen LogP contribution is -2.60. The zero-order valence-electron chi connectivity index (χ0n) is 30.3. The molecule has 6 rings (SSSR count). The molecule has 254 valence electrons. The van der Waals surface area contributed by atoms with Crippen LogP contribution in [0.25, 0.3) is 0 Å². The smallest absolute Gasteiger partial charge is 0.317 e.